The zero-order chi connectivity index (χ0) is 14.4. The van der Waals surface area contributed by atoms with E-state index in [0.717, 1.165) is 18.4 Å². The zero-order valence-electron chi connectivity index (χ0n) is 13.3. The largest absolute Gasteiger partial charge is 0.310 e. The molecule has 2 heteroatoms. The molecule has 0 aromatic heterocycles. The highest BCUT2D eigenvalue weighted by atomic mass is 15.1. The summed E-state index contributed by atoms with van der Waals surface area (Å²) >= 11 is 0. The summed E-state index contributed by atoms with van der Waals surface area (Å²) in [6.07, 6.45) is 2.57. The van der Waals surface area contributed by atoms with Crippen molar-refractivity contribution in [3.63, 3.8) is 0 Å². The molecule has 1 heterocycles. The van der Waals surface area contributed by atoms with Crippen molar-refractivity contribution in [2.75, 3.05) is 26.2 Å². The number of nitrogens with zero attached hydrogens (tertiary/aromatic N) is 1. The van der Waals surface area contributed by atoms with Crippen molar-refractivity contribution in [1.29, 1.82) is 0 Å². The molecule has 0 radical (unpaired) electrons. The fourth-order valence-electron chi connectivity index (χ4n) is 3.17. The van der Waals surface area contributed by atoms with E-state index in [0.29, 0.717) is 6.04 Å². The molecule has 1 aromatic carbocycles. The third-order valence-electron chi connectivity index (χ3n) is 4.38. The van der Waals surface area contributed by atoms with Gasteiger partial charge in [-0.25, -0.2) is 0 Å². The fraction of sp³-hybridized carbons (Fsp3) is 0.667. The lowest BCUT2D eigenvalue weighted by Crippen LogP contribution is -2.30. The Morgan fingerprint density at radius 3 is 2.60 bits per heavy atom. The number of nitrogens with one attached hydrogen (secondary N) is 1. The Morgan fingerprint density at radius 1 is 1.25 bits per heavy atom. The van der Waals surface area contributed by atoms with Gasteiger partial charge in [0.2, 0.25) is 0 Å². The van der Waals surface area contributed by atoms with Crippen molar-refractivity contribution in [2.24, 2.45) is 11.8 Å². The zero-order valence-corrected chi connectivity index (χ0v) is 13.3. The molecule has 1 aromatic rings. The average molecular weight is 274 g/mol. The topological polar surface area (TPSA) is 15.3 Å². The minimum atomic E-state index is 0.506. The molecule has 0 spiro atoms. The van der Waals surface area contributed by atoms with Gasteiger partial charge in [-0.1, -0.05) is 51.1 Å². The maximum atomic E-state index is 3.83. The molecule has 1 aliphatic heterocycles. The first-order chi connectivity index (χ1) is 9.69. The first-order valence-electron chi connectivity index (χ1n) is 8.19. The minimum Gasteiger partial charge on any atom is -0.310 e. The van der Waals surface area contributed by atoms with Gasteiger partial charge in [0.25, 0.3) is 0 Å². The van der Waals surface area contributed by atoms with Gasteiger partial charge in [0, 0.05) is 12.6 Å². The van der Waals surface area contributed by atoms with Gasteiger partial charge in [0.15, 0.2) is 0 Å². The van der Waals surface area contributed by atoms with Crippen LogP contribution in [0, 0.1) is 11.8 Å². The molecule has 1 saturated heterocycles. The van der Waals surface area contributed by atoms with E-state index in [1.54, 1.807) is 0 Å². The van der Waals surface area contributed by atoms with Crippen molar-refractivity contribution in [1.82, 2.24) is 10.2 Å². The third-order valence-corrected chi connectivity index (χ3v) is 4.38. The molecule has 0 aliphatic carbocycles. The predicted octanol–water partition coefficient (Wildman–Crippen LogP) is 3.71. The van der Waals surface area contributed by atoms with Crippen molar-refractivity contribution in [2.45, 2.75) is 39.7 Å². The summed E-state index contributed by atoms with van der Waals surface area (Å²) in [7, 11) is 0. The van der Waals surface area contributed by atoms with Gasteiger partial charge in [-0.2, -0.15) is 0 Å². The highest BCUT2D eigenvalue weighted by Gasteiger charge is 2.22. The van der Waals surface area contributed by atoms with Crippen molar-refractivity contribution in [3.8, 4) is 0 Å². The summed E-state index contributed by atoms with van der Waals surface area (Å²) in [5, 5.41) is 3.83. The lowest BCUT2D eigenvalue weighted by atomic mass is 9.96. The monoisotopic (exact) mass is 274 g/mol. The standard InChI is InChI=1S/C18H30N2/c1-4-20-11-10-16(14-20)13-19-18(12-15(2)3)17-8-6-5-7-9-17/h5-9,15-16,18-19H,4,10-14H2,1-3H3. The Balaban J connectivity index is 1.88. The molecule has 20 heavy (non-hydrogen) atoms. The Bertz CT molecular complexity index is 374. The van der Waals surface area contributed by atoms with Crippen LogP contribution in [0.4, 0.5) is 0 Å². The fourth-order valence-corrected chi connectivity index (χ4v) is 3.17. The molecule has 0 amide bonds. The summed E-state index contributed by atoms with van der Waals surface area (Å²) in [5.41, 5.74) is 1.44. The number of rotatable bonds is 7. The average Bonchev–Trinajstić information content (AvgIpc) is 2.92. The Hall–Kier alpha value is -0.860. The van der Waals surface area contributed by atoms with Crippen LogP contribution in [0.3, 0.4) is 0 Å². The molecule has 2 nitrogen and oxygen atoms in total. The second-order valence-corrected chi connectivity index (χ2v) is 6.55. The molecule has 0 bridgehead atoms. The smallest absolute Gasteiger partial charge is 0.0322 e. The van der Waals surface area contributed by atoms with Gasteiger partial charge in [-0.3, -0.25) is 0 Å². The van der Waals surface area contributed by atoms with Gasteiger partial charge in [-0.05, 0) is 49.9 Å². The van der Waals surface area contributed by atoms with Gasteiger partial charge < -0.3 is 10.2 Å². The van der Waals surface area contributed by atoms with Gasteiger partial charge in [-0.15, -0.1) is 0 Å². The first-order valence-corrected chi connectivity index (χ1v) is 8.19. The van der Waals surface area contributed by atoms with Crippen LogP contribution in [0.15, 0.2) is 30.3 Å². The van der Waals surface area contributed by atoms with Crippen LogP contribution in [-0.2, 0) is 0 Å². The first kappa shape index (κ1) is 15.5. The highest BCUT2D eigenvalue weighted by molar-refractivity contribution is 5.18. The molecule has 112 valence electrons. The van der Waals surface area contributed by atoms with Crippen molar-refractivity contribution in [3.05, 3.63) is 35.9 Å². The Kier molecular flexibility index (Phi) is 6.06. The van der Waals surface area contributed by atoms with Crippen LogP contribution in [0.5, 0.6) is 0 Å². The molecule has 2 atom stereocenters. The van der Waals surface area contributed by atoms with E-state index in [-0.39, 0.29) is 0 Å². The number of benzene rings is 1. The number of likely N-dealkylation sites (tertiary alicyclic amines) is 1. The van der Waals surface area contributed by atoms with E-state index < -0.39 is 0 Å². The quantitative estimate of drug-likeness (QED) is 0.815. The maximum absolute atomic E-state index is 3.83. The van der Waals surface area contributed by atoms with E-state index in [1.165, 1.54) is 38.0 Å². The summed E-state index contributed by atoms with van der Waals surface area (Å²) in [6.45, 7) is 11.8. The molecular formula is C18H30N2. The van der Waals surface area contributed by atoms with Crippen LogP contribution in [0.1, 0.15) is 45.2 Å². The van der Waals surface area contributed by atoms with Gasteiger partial charge in [0.05, 0.1) is 0 Å². The Labute approximate surface area is 124 Å². The van der Waals surface area contributed by atoms with E-state index in [1.807, 2.05) is 0 Å². The van der Waals surface area contributed by atoms with E-state index >= 15 is 0 Å². The maximum Gasteiger partial charge on any atom is 0.0322 e. The van der Waals surface area contributed by atoms with Gasteiger partial charge >= 0.3 is 0 Å². The van der Waals surface area contributed by atoms with Crippen LogP contribution in [0.25, 0.3) is 0 Å². The van der Waals surface area contributed by atoms with E-state index in [2.05, 4.69) is 61.3 Å². The third kappa shape index (κ3) is 4.60. The molecular weight excluding hydrogens is 244 g/mol. The summed E-state index contributed by atoms with van der Waals surface area (Å²) < 4.78 is 0. The predicted molar refractivity (Wildman–Crippen MR) is 86.9 cm³/mol. The Morgan fingerprint density at radius 2 is 2.00 bits per heavy atom. The molecule has 1 aliphatic rings. The molecule has 1 N–H and O–H groups in total. The second kappa shape index (κ2) is 7.80. The lowest BCUT2D eigenvalue weighted by Gasteiger charge is -2.23. The van der Waals surface area contributed by atoms with Crippen LogP contribution >= 0.6 is 0 Å². The van der Waals surface area contributed by atoms with E-state index in [9.17, 15) is 0 Å². The summed E-state index contributed by atoms with van der Waals surface area (Å²) in [6, 6.07) is 11.4. The van der Waals surface area contributed by atoms with Crippen molar-refractivity contribution < 1.29 is 0 Å². The molecule has 0 saturated carbocycles. The number of hydrogen-bond donors (Lipinski definition) is 1. The summed E-state index contributed by atoms with van der Waals surface area (Å²) in [4.78, 5) is 2.56. The normalized spacial score (nSPS) is 21.5. The second-order valence-electron chi connectivity index (χ2n) is 6.55. The minimum absolute atomic E-state index is 0.506. The lowest BCUT2D eigenvalue weighted by molar-refractivity contribution is 0.330. The van der Waals surface area contributed by atoms with Gasteiger partial charge in [0.1, 0.15) is 0 Å². The molecule has 1 fully saturated rings. The van der Waals surface area contributed by atoms with Crippen LogP contribution in [0.2, 0.25) is 0 Å². The van der Waals surface area contributed by atoms with Crippen LogP contribution < -0.4 is 5.32 Å². The molecule has 2 unspecified atom stereocenters. The van der Waals surface area contributed by atoms with E-state index in [4.69, 9.17) is 0 Å². The molecule has 2 rings (SSSR count). The van der Waals surface area contributed by atoms with Crippen molar-refractivity contribution >= 4 is 0 Å². The highest BCUT2D eigenvalue weighted by Crippen LogP contribution is 2.22. The SMILES string of the molecule is CCN1CCC(CNC(CC(C)C)c2ccccc2)C1. The summed E-state index contributed by atoms with van der Waals surface area (Å²) in [5.74, 6) is 1.55. The number of hydrogen-bond acceptors (Lipinski definition) is 2. The van der Waals surface area contributed by atoms with Crippen LogP contribution in [-0.4, -0.2) is 31.1 Å².